The van der Waals surface area contributed by atoms with Crippen molar-refractivity contribution in [1.82, 2.24) is 15.0 Å². The lowest BCUT2D eigenvalue weighted by molar-refractivity contribution is -0.131. The topological polar surface area (TPSA) is 86.3 Å². The number of aromatic nitrogens is 2. The lowest BCUT2D eigenvalue weighted by Gasteiger charge is -2.23. The van der Waals surface area contributed by atoms with Gasteiger partial charge >= 0.3 is 0 Å². The number of nitrogens with zero attached hydrogens (tertiary/aromatic N) is 5. The molecule has 1 aromatic heterocycles. The van der Waals surface area contributed by atoms with Crippen LogP contribution in [0, 0.1) is 17.1 Å². The Morgan fingerprint density at radius 1 is 1.06 bits per heavy atom. The first-order chi connectivity index (χ1) is 15.6. The minimum Gasteiger partial charge on any atom is -0.370 e. The molecule has 1 amide bonds. The van der Waals surface area contributed by atoms with E-state index in [-0.39, 0.29) is 11.7 Å². The molecule has 32 heavy (non-hydrogen) atoms. The number of carbonyl (C=O) groups excluding carboxylic acids is 1. The summed E-state index contributed by atoms with van der Waals surface area (Å²) in [4.78, 5) is 21.2. The number of rotatable bonds is 6. The number of anilines is 1. The van der Waals surface area contributed by atoms with Gasteiger partial charge < -0.3 is 14.3 Å². The first kappa shape index (κ1) is 21.5. The van der Waals surface area contributed by atoms with Gasteiger partial charge in [-0.3, -0.25) is 4.79 Å². The van der Waals surface area contributed by atoms with Crippen LogP contribution < -0.4 is 4.90 Å². The normalized spacial score (nSPS) is 14.1. The average molecular weight is 433 g/mol. The summed E-state index contributed by atoms with van der Waals surface area (Å²) in [5, 5.41) is 12.9. The van der Waals surface area contributed by atoms with Crippen molar-refractivity contribution >= 4 is 11.6 Å². The molecule has 1 aliphatic rings. The van der Waals surface area contributed by atoms with Crippen LogP contribution >= 0.6 is 0 Å². The van der Waals surface area contributed by atoms with Crippen LogP contribution in [0.3, 0.4) is 0 Å². The smallest absolute Gasteiger partial charge is 0.226 e. The first-order valence-electron chi connectivity index (χ1n) is 10.7. The van der Waals surface area contributed by atoms with Gasteiger partial charge in [-0.1, -0.05) is 5.16 Å². The predicted molar refractivity (Wildman–Crippen MR) is 117 cm³/mol. The Labute approximate surface area is 186 Å². The third kappa shape index (κ3) is 5.30. The van der Waals surface area contributed by atoms with Crippen LogP contribution in [-0.2, 0) is 11.2 Å². The van der Waals surface area contributed by atoms with Crippen molar-refractivity contribution < 1.29 is 13.7 Å². The molecule has 1 aliphatic heterocycles. The lowest BCUT2D eigenvalue weighted by Crippen LogP contribution is -2.35. The molecule has 0 aliphatic carbocycles. The molecule has 0 N–H and O–H groups in total. The number of hydrogen-bond acceptors (Lipinski definition) is 6. The summed E-state index contributed by atoms with van der Waals surface area (Å²) in [5.41, 5.74) is 2.41. The number of benzene rings is 2. The summed E-state index contributed by atoms with van der Waals surface area (Å²) >= 11 is 0. The second kappa shape index (κ2) is 10.1. The zero-order chi connectivity index (χ0) is 22.3. The summed E-state index contributed by atoms with van der Waals surface area (Å²) in [5.74, 6) is 0.705. The zero-order valence-electron chi connectivity index (χ0n) is 17.7. The Kier molecular flexibility index (Phi) is 6.75. The largest absolute Gasteiger partial charge is 0.370 e. The minimum atomic E-state index is -0.315. The third-order valence-corrected chi connectivity index (χ3v) is 5.56. The van der Waals surface area contributed by atoms with Crippen LogP contribution in [0.1, 0.15) is 30.7 Å². The van der Waals surface area contributed by atoms with Gasteiger partial charge in [-0.05, 0) is 61.4 Å². The maximum atomic E-state index is 13.1. The van der Waals surface area contributed by atoms with Gasteiger partial charge in [-0.25, -0.2) is 4.39 Å². The highest BCUT2D eigenvalue weighted by atomic mass is 19.1. The molecule has 0 saturated carbocycles. The summed E-state index contributed by atoms with van der Waals surface area (Å²) in [6, 6.07) is 15.6. The van der Waals surface area contributed by atoms with Gasteiger partial charge in [0.15, 0.2) is 0 Å². The number of amides is 1. The molecule has 2 heterocycles. The van der Waals surface area contributed by atoms with Crippen molar-refractivity contribution in [1.29, 1.82) is 5.26 Å². The van der Waals surface area contributed by atoms with E-state index in [0.29, 0.717) is 48.6 Å². The van der Waals surface area contributed by atoms with Gasteiger partial charge in [-0.2, -0.15) is 10.2 Å². The fourth-order valence-corrected chi connectivity index (χ4v) is 3.79. The van der Waals surface area contributed by atoms with Gasteiger partial charge in [-0.15, -0.1) is 0 Å². The van der Waals surface area contributed by atoms with E-state index in [0.717, 1.165) is 31.7 Å². The first-order valence-corrected chi connectivity index (χ1v) is 10.7. The standard InChI is InChI=1S/C24H24FN5O2/c25-20-9-7-19(8-10-20)24-27-22(32-28-24)3-1-4-23(31)30-14-2-13-29(15-16-30)21-11-5-18(17-26)6-12-21/h5-12H,1-4,13-16H2. The highest BCUT2D eigenvalue weighted by Gasteiger charge is 2.19. The summed E-state index contributed by atoms with van der Waals surface area (Å²) in [6.07, 6.45) is 2.46. The summed E-state index contributed by atoms with van der Waals surface area (Å²) in [7, 11) is 0. The Balaban J connectivity index is 1.25. The molecule has 4 rings (SSSR count). The van der Waals surface area contributed by atoms with E-state index >= 15 is 0 Å². The van der Waals surface area contributed by atoms with E-state index in [1.807, 2.05) is 29.2 Å². The average Bonchev–Trinajstić information content (AvgIpc) is 3.15. The molecule has 0 atom stereocenters. The SMILES string of the molecule is N#Cc1ccc(N2CCCN(C(=O)CCCc3nc(-c4ccc(F)cc4)no3)CC2)cc1. The van der Waals surface area contributed by atoms with E-state index < -0.39 is 0 Å². The maximum Gasteiger partial charge on any atom is 0.226 e. The van der Waals surface area contributed by atoms with Gasteiger partial charge in [0.25, 0.3) is 0 Å². The molecule has 7 nitrogen and oxygen atoms in total. The van der Waals surface area contributed by atoms with E-state index in [1.54, 1.807) is 12.1 Å². The molecule has 8 heteroatoms. The van der Waals surface area contributed by atoms with Crippen molar-refractivity contribution in [3.05, 3.63) is 65.8 Å². The van der Waals surface area contributed by atoms with Gasteiger partial charge in [0.1, 0.15) is 5.82 Å². The molecule has 0 bridgehead atoms. The minimum absolute atomic E-state index is 0.130. The second-order valence-corrected chi connectivity index (χ2v) is 7.75. The number of hydrogen-bond donors (Lipinski definition) is 0. The molecular formula is C24H24FN5O2. The molecule has 1 saturated heterocycles. The van der Waals surface area contributed by atoms with Crippen molar-refractivity contribution in [3.8, 4) is 17.5 Å². The van der Waals surface area contributed by atoms with Gasteiger partial charge in [0.05, 0.1) is 11.6 Å². The molecule has 3 aromatic rings. The molecule has 1 fully saturated rings. The monoisotopic (exact) mass is 433 g/mol. The Bertz CT molecular complexity index is 1090. The zero-order valence-corrected chi connectivity index (χ0v) is 17.7. The van der Waals surface area contributed by atoms with Crippen LogP contribution in [-0.4, -0.2) is 47.1 Å². The van der Waals surface area contributed by atoms with Gasteiger partial charge in [0.2, 0.25) is 17.6 Å². The molecule has 0 spiro atoms. The molecule has 0 unspecified atom stereocenters. The number of carbonyl (C=O) groups is 1. The number of aryl methyl sites for hydroxylation is 1. The van der Waals surface area contributed by atoms with Gasteiger partial charge in [0, 0.05) is 50.3 Å². The van der Waals surface area contributed by atoms with Crippen molar-refractivity contribution in [3.63, 3.8) is 0 Å². The quantitative estimate of drug-likeness (QED) is 0.588. The molecule has 164 valence electrons. The van der Waals surface area contributed by atoms with Crippen LogP contribution in [0.25, 0.3) is 11.4 Å². The van der Waals surface area contributed by atoms with Crippen molar-refractivity contribution in [2.45, 2.75) is 25.7 Å². The number of halogens is 1. The predicted octanol–water partition coefficient (Wildman–Crippen LogP) is 3.81. The van der Waals surface area contributed by atoms with E-state index in [4.69, 9.17) is 9.78 Å². The highest BCUT2D eigenvalue weighted by molar-refractivity contribution is 5.76. The maximum absolute atomic E-state index is 13.1. The lowest BCUT2D eigenvalue weighted by atomic mass is 10.2. The second-order valence-electron chi connectivity index (χ2n) is 7.75. The van der Waals surface area contributed by atoms with Crippen LogP contribution in [0.4, 0.5) is 10.1 Å². The van der Waals surface area contributed by atoms with Crippen LogP contribution in [0.5, 0.6) is 0 Å². The molecule has 0 radical (unpaired) electrons. The van der Waals surface area contributed by atoms with Crippen LogP contribution in [0.2, 0.25) is 0 Å². The van der Waals surface area contributed by atoms with E-state index in [2.05, 4.69) is 21.1 Å². The van der Waals surface area contributed by atoms with Crippen LogP contribution in [0.15, 0.2) is 53.1 Å². The fourth-order valence-electron chi connectivity index (χ4n) is 3.79. The summed E-state index contributed by atoms with van der Waals surface area (Å²) < 4.78 is 18.3. The number of nitriles is 1. The van der Waals surface area contributed by atoms with Crippen molar-refractivity contribution in [2.75, 3.05) is 31.1 Å². The third-order valence-electron chi connectivity index (χ3n) is 5.56. The Morgan fingerprint density at radius 3 is 2.59 bits per heavy atom. The molecular weight excluding hydrogens is 409 g/mol. The molecule has 2 aromatic carbocycles. The highest BCUT2D eigenvalue weighted by Crippen LogP contribution is 2.19. The Morgan fingerprint density at radius 2 is 1.84 bits per heavy atom. The van der Waals surface area contributed by atoms with Crippen molar-refractivity contribution in [2.24, 2.45) is 0 Å². The Hall–Kier alpha value is -3.73. The van der Waals surface area contributed by atoms with E-state index in [9.17, 15) is 9.18 Å². The summed E-state index contributed by atoms with van der Waals surface area (Å²) in [6.45, 7) is 3.06. The fraction of sp³-hybridized carbons (Fsp3) is 0.333. The van der Waals surface area contributed by atoms with E-state index in [1.165, 1.54) is 12.1 Å².